The number of halogens is 1. The summed E-state index contributed by atoms with van der Waals surface area (Å²) in [6.45, 7) is 0. The van der Waals surface area contributed by atoms with Gasteiger partial charge in [-0.25, -0.2) is 4.39 Å². The number of hydrogen-bond donors (Lipinski definition) is 1. The van der Waals surface area contributed by atoms with Crippen molar-refractivity contribution < 1.29 is 13.4 Å². The summed E-state index contributed by atoms with van der Waals surface area (Å²) in [6, 6.07) is 17.0. The van der Waals surface area contributed by atoms with Crippen LogP contribution >= 0.6 is 0 Å². The molecular weight excluding hydrogens is 351 g/mol. The average molecular weight is 370 g/mol. The molecule has 1 heterocycles. The molecule has 4 nitrogen and oxygen atoms in total. The molecule has 26 heavy (non-hydrogen) atoms. The second-order valence-electron chi connectivity index (χ2n) is 6.04. The van der Waals surface area contributed by atoms with E-state index in [1.807, 2.05) is 24.3 Å². The van der Waals surface area contributed by atoms with Crippen LogP contribution in [0.4, 0.5) is 10.1 Å². The molecule has 6 heteroatoms. The Kier molecular flexibility index (Phi) is 5.32. The number of aromatic nitrogens is 1. The molecule has 0 bridgehead atoms. The van der Waals surface area contributed by atoms with Crippen LogP contribution in [0.2, 0.25) is 0 Å². The fraction of sp³-hybridized carbons (Fsp3) is 0.150. The summed E-state index contributed by atoms with van der Waals surface area (Å²) in [4.78, 5) is 12.6. The van der Waals surface area contributed by atoms with Gasteiger partial charge in [-0.2, -0.15) is 0 Å². The second-order valence-corrected chi connectivity index (χ2v) is 7.48. The Morgan fingerprint density at radius 3 is 2.54 bits per heavy atom. The topological polar surface area (TPSA) is 51.1 Å². The maximum Gasteiger partial charge on any atom is 0.272 e. The molecule has 1 amide bonds. The molecular formula is C20H19FN2O2S. The molecule has 3 rings (SSSR count). The molecule has 0 saturated carbocycles. The molecule has 1 aromatic heterocycles. The predicted molar refractivity (Wildman–Crippen MR) is 103 cm³/mol. The van der Waals surface area contributed by atoms with Crippen LogP contribution in [-0.4, -0.2) is 20.9 Å². The van der Waals surface area contributed by atoms with Gasteiger partial charge in [-0.15, -0.1) is 0 Å². The quantitative estimate of drug-likeness (QED) is 0.739. The summed E-state index contributed by atoms with van der Waals surface area (Å²) in [7, 11) is 0.856. The van der Waals surface area contributed by atoms with Crippen molar-refractivity contribution in [3.8, 4) is 11.3 Å². The summed E-state index contributed by atoms with van der Waals surface area (Å²) in [6.07, 6.45) is 1.65. The van der Waals surface area contributed by atoms with Gasteiger partial charge in [-0.05, 0) is 59.7 Å². The lowest BCUT2D eigenvalue weighted by Gasteiger charge is -2.10. The first-order valence-electron chi connectivity index (χ1n) is 8.06. The van der Waals surface area contributed by atoms with Gasteiger partial charge >= 0.3 is 0 Å². The highest BCUT2D eigenvalue weighted by molar-refractivity contribution is 7.83. The van der Waals surface area contributed by atoms with E-state index in [-0.39, 0.29) is 11.7 Å². The van der Waals surface area contributed by atoms with Crippen molar-refractivity contribution in [3.05, 3.63) is 77.7 Å². The Bertz CT molecular complexity index is 964. The number of nitrogens with zero attached hydrogens (tertiary/aromatic N) is 1. The van der Waals surface area contributed by atoms with Crippen LogP contribution in [0.3, 0.4) is 0 Å². The van der Waals surface area contributed by atoms with E-state index in [0.29, 0.717) is 17.1 Å². The Balaban J connectivity index is 1.81. The van der Waals surface area contributed by atoms with Gasteiger partial charge in [0.15, 0.2) is 0 Å². The Labute approximate surface area is 154 Å². The first kappa shape index (κ1) is 18.1. The summed E-state index contributed by atoms with van der Waals surface area (Å²) in [5.74, 6) is -0.0905. The highest BCUT2D eigenvalue weighted by atomic mass is 32.2. The minimum Gasteiger partial charge on any atom is -0.340 e. The number of amides is 1. The minimum atomic E-state index is -0.940. The van der Waals surface area contributed by atoms with E-state index in [1.165, 1.54) is 12.1 Å². The number of anilines is 1. The number of benzene rings is 2. The molecule has 1 atom stereocenters. The molecule has 0 saturated heterocycles. The molecule has 0 aliphatic rings. The second kappa shape index (κ2) is 7.66. The molecule has 0 aliphatic carbocycles. The number of rotatable bonds is 5. The smallest absolute Gasteiger partial charge is 0.272 e. The first-order valence-corrected chi connectivity index (χ1v) is 9.79. The molecule has 134 valence electrons. The van der Waals surface area contributed by atoms with Crippen LogP contribution in [0.15, 0.2) is 60.7 Å². The monoisotopic (exact) mass is 370 g/mol. The van der Waals surface area contributed by atoms with Crippen molar-refractivity contribution in [3.63, 3.8) is 0 Å². The lowest BCUT2D eigenvalue weighted by molar-refractivity contribution is 0.101. The average Bonchev–Trinajstić information content (AvgIpc) is 2.97. The van der Waals surface area contributed by atoms with Crippen molar-refractivity contribution in [2.24, 2.45) is 7.05 Å². The zero-order valence-electron chi connectivity index (χ0n) is 14.5. The molecule has 0 radical (unpaired) electrons. The third-order valence-corrected chi connectivity index (χ3v) is 4.79. The molecule has 0 aliphatic heterocycles. The molecule has 0 fully saturated rings. The van der Waals surface area contributed by atoms with Gasteiger partial charge in [0.2, 0.25) is 0 Å². The van der Waals surface area contributed by atoms with Crippen LogP contribution in [0, 0.1) is 5.82 Å². The molecule has 2 aromatic carbocycles. The van der Waals surface area contributed by atoms with E-state index in [9.17, 15) is 13.4 Å². The van der Waals surface area contributed by atoms with Crippen LogP contribution in [-0.2, 0) is 23.6 Å². The lowest BCUT2D eigenvalue weighted by atomic mass is 10.1. The Morgan fingerprint density at radius 1 is 1.12 bits per heavy atom. The molecule has 0 spiro atoms. The lowest BCUT2D eigenvalue weighted by Crippen LogP contribution is -2.16. The van der Waals surface area contributed by atoms with E-state index in [4.69, 9.17) is 0 Å². The van der Waals surface area contributed by atoms with E-state index in [1.54, 1.807) is 42.1 Å². The minimum absolute atomic E-state index is 0.240. The van der Waals surface area contributed by atoms with Gasteiger partial charge in [0, 0.05) is 41.2 Å². The van der Waals surface area contributed by atoms with E-state index < -0.39 is 10.8 Å². The van der Waals surface area contributed by atoms with Gasteiger partial charge in [-0.3, -0.25) is 9.00 Å². The fourth-order valence-corrected chi connectivity index (χ4v) is 3.47. The van der Waals surface area contributed by atoms with E-state index in [2.05, 4.69) is 5.32 Å². The van der Waals surface area contributed by atoms with Crippen molar-refractivity contribution in [2.45, 2.75) is 5.75 Å². The number of nitrogens with one attached hydrogen (secondary N) is 1. The highest BCUT2D eigenvalue weighted by Gasteiger charge is 2.14. The summed E-state index contributed by atoms with van der Waals surface area (Å²) in [5, 5.41) is 2.87. The van der Waals surface area contributed by atoms with Gasteiger partial charge in [0.25, 0.3) is 5.91 Å². The Hall–Kier alpha value is -2.73. The third-order valence-electron chi connectivity index (χ3n) is 4.05. The van der Waals surface area contributed by atoms with Crippen molar-refractivity contribution in [1.29, 1.82) is 0 Å². The number of carbonyl (C=O) groups is 1. The number of hydrogen-bond acceptors (Lipinski definition) is 2. The number of carbonyl (C=O) groups excluding carboxylic acids is 1. The van der Waals surface area contributed by atoms with Gasteiger partial charge in [0.1, 0.15) is 11.5 Å². The largest absolute Gasteiger partial charge is 0.340 e. The first-order chi connectivity index (χ1) is 12.4. The van der Waals surface area contributed by atoms with E-state index >= 15 is 0 Å². The predicted octanol–water partition coefficient (Wildman–Crippen LogP) is 3.96. The van der Waals surface area contributed by atoms with Crippen molar-refractivity contribution in [1.82, 2.24) is 4.57 Å². The molecule has 0 unspecified atom stereocenters. The van der Waals surface area contributed by atoms with Crippen LogP contribution < -0.4 is 5.32 Å². The maximum atomic E-state index is 13.1. The summed E-state index contributed by atoms with van der Waals surface area (Å²) < 4.78 is 26.2. The van der Waals surface area contributed by atoms with Crippen LogP contribution in [0.5, 0.6) is 0 Å². The molecule has 1 N–H and O–H groups in total. The van der Waals surface area contributed by atoms with E-state index in [0.717, 1.165) is 16.8 Å². The fourth-order valence-electron chi connectivity index (χ4n) is 2.82. The van der Waals surface area contributed by atoms with Gasteiger partial charge in [0.05, 0.1) is 0 Å². The zero-order chi connectivity index (χ0) is 18.7. The maximum absolute atomic E-state index is 13.1. The molecule has 3 aromatic rings. The standard InChI is InChI=1S/C20H19FN2O2S/c1-23-18(15-6-8-16(21)9-7-15)10-11-19(23)20(24)22-17-5-3-4-14(12-17)13-26(2)25/h3-12H,13H2,1-2H3,(H,22,24)/t26-/m1/s1. The Morgan fingerprint density at radius 2 is 1.85 bits per heavy atom. The summed E-state index contributed by atoms with van der Waals surface area (Å²) >= 11 is 0. The van der Waals surface area contributed by atoms with Crippen LogP contribution in [0.1, 0.15) is 16.1 Å². The normalized spacial score (nSPS) is 12.0. The zero-order valence-corrected chi connectivity index (χ0v) is 15.3. The van der Waals surface area contributed by atoms with Crippen LogP contribution in [0.25, 0.3) is 11.3 Å². The van der Waals surface area contributed by atoms with Gasteiger partial charge in [-0.1, -0.05) is 12.1 Å². The van der Waals surface area contributed by atoms with Crippen molar-refractivity contribution in [2.75, 3.05) is 11.6 Å². The van der Waals surface area contributed by atoms with Gasteiger partial charge < -0.3 is 9.88 Å². The SMILES string of the molecule is Cn1c(C(=O)Nc2cccc(C[S@@](C)=O)c2)ccc1-c1ccc(F)cc1. The third kappa shape index (κ3) is 4.08. The summed E-state index contributed by atoms with van der Waals surface area (Å²) in [5.41, 5.74) is 3.71. The van der Waals surface area contributed by atoms with Crippen molar-refractivity contribution >= 4 is 22.4 Å². The highest BCUT2D eigenvalue weighted by Crippen LogP contribution is 2.23.